The van der Waals surface area contributed by atoms with Gasteiger partial charge in [-0.25, -0.2) is 23.1 Å². The molecule has 2 aromatic carbocycles. The van der Waals surface area contributed by atoms with Crippen molar-refractivity contribution in [3.05, 3.63) is 83.2 Å². The van der Waals surface area contributed by atoms with Gasteiger partial charge >= 0.3 is 12.1 Å². The number of nitrogens with zero attached hydrogens (tertiary/aromatic N) is 2. The van der Waals surface area contributed by atoms with Crippen molar-refractivity contribution in [2.45, 2.75) is 111 Å². The monoisotopic (exact) mass is 611 g/mol. The van der Waals surface area contributed by atoms with E-state index < -0.39 is 40.9 Å². The van der Waals surface area contributed by atoms with Gasteiger partial charge < -0.3 is 14.8 Å². The second kappa shape index (κ2) is 13.9. The topological polar surface area (TPSA) is 82.5 Å². The fraction of sp³-hybridized carbons (Fsp3) is 0.514. The molecule has 1 heterocycles. The van der Waals surface area contributed by atoms with Gasteiger partial charge in [0.1, 0.15) is 34.6 Å². The zero-order valence-corrected chi connectivity index (χ0v) is 27.5. The SMILES string of the molecule is CC(C)(C)OC(=O)N[C@@H](CCC[C@@H](c1nn(-c2cc(F)ccc2F)cc1Cc1ccccc1)C(C)(C)C)C(=O)OC(C)(C)C. The van der Waals surface area contributed by atoms with Crippen LogP contribution in [0.1, 0.15) is 104 Å². The third kappa shape index (κ3) is 10.5. The summed E-state index contributed by atoms with van der Waals surface area (Å²) in [5, 5.41) is 7.54. The quantitative estimate of drug-likeness (QED) is 0.233. The van der Waals surface area contributed by atoms with Crippen molar-refractivity contribution in [2.24, 2.45) is 5.41 Å². The molecule has 0 aliphatic heterocycles. The van der Waals surface area contributed by atoms with E-state index in [9.17, 15) is 18.4 Å². The first-order valence-electron chi connectivity index (χ1n) is 15.1. The molecule has 0 spiro atoms. The summed E-state index contributed by atoms with van der Waals surface area (Å²) in [5.74, 6) is -1.78. The molecule has 3 rings (SSSR count). The van der Waals surface area contributed by atoms with Crippen molar-refractivity contribution in [1.29, 1.82) is 0 Å². The number of amides is 1. The molecule has 1 aromatic heterocycles. The van der Waals surface area contributed by atoms with Gasteiger partial charge in [0.05, 0.1) is 5.69 Å². The molecule has 0 aliphatic carbocycles. The number of nitrogens with one attached hydrogen (secondary N) is 1. The van der Waals surface area contributed by atoms with Crippen LogP contribution in [0.4, 0.5) is 13.6 Å². The molecule has 44 heavy (non-hydrogen) atoms. The molecule has 7 nitrogen and oxygen atoms in total. The van der Waals surface area contributed by atoms with Crippen LogP contribution in [0.3, 0.4) is 0 Å². The molecule has 0 saturated carbocycles. The Labute approximate surface area is 260 Å². The lowest BCUT2D eigenvalue weighted by atomic mass is 9.74. The van der Waals surface area contributed by atoms with Crippen LogP contribution < -0.4 is 5.32 Å². The highest BCUT2D eigenvalue weighted by atomic mass is 19.1. The number of benzene rings is 2. The second-order valence-corrected chi connectivity index (χ2v) is 14.3. The smallest absolute Gasteiger partial charge is 0.408 e. The molecule has 0 fully saturated rings. The lowest BCUT2D eigenvalue weighted by Gasteiger charge is -2.31. The molecule has 0 aliphatic rings. The fourth-order valence-electron chi connectivity index (χ4n) is 5.03. The Kier molecular flexibility index (Phi) is 11.0. The molecule has 0 unspecified atom stereocenters. The van der Waals surface area contributed by atoms with Gasteiger partial charge in [0, 0.05) is 24.6 Å². The van der Waals surface area contributed by atoms with Gasteiger partial charge in [-0.2, -0.15) is 5.10 Å². The summed E-state index contributed by atoms with van der Waals surface area (Å²) in [6.45, 7) is 16.9. The maximum atomic E-state index is 14.8. The van der Waals surface area contributed by atoms with E-state index in [2.05, 4.69) is 26.1 Å². The van der Waals surface area contributed by atoms with Crippen LogP contribution in [-0.4, -0.2) is 39.1 Å². The van der Waals surface area contributed by atoms with Gasteiger partial charge in [-0.1, -0.05) is 57.5 Å². The molecular weight excluding hydrogens is 564 g/mol. The number of alkyl carbamates (subject to hydrolysis) is 1. The predicted molar refractivity (Wildman–Crippen MR) is 168 cm³/mol. The van der Waals surface area contributed by atoms with E-state index in [1.54, 1.807) is 47.7 Å². The van der Waals surface area contributed by atoms with Crippen molar-refractivity contribution in [3.63, 3.8) is 0 Å². The summed E-state index contributed by atoms with van der Waals surface area (Å²) in [7, 11) is 0. The molecule has 0 saturated heterocycles. The summed E-state index contributed by atoms with van der Waals surface area (Å²) in [6, 6.07) is 12.3. The minimum Gasteiger partial charge on any atom is -0.458 e. The molecule has 3 aromatic rings. The van der Waals surface area contributed by atoms with E-state index in [1.807, 2.05) is 30.3 Å². The van der Waals surface area contributed by atoms with E-state index in [0.717, 1.165) is 35.0 Å². The normalized spacial score (nSPS) is 13.7. The first-order valence-corrected chi connectivity index (χ1v) is 15.1. The highest BCUT2D eigenvalue weighted by Crippen LogP contribution is 2.41. The number of carbonyl (C=O) groups is 2. The van der Waals surface area contributed by atoms with Crippen LogP contribution in [0.15, 0.2) is 54.7 Å². The largest absolute Gasteiger partial charge is 0.458 e. The van der Waals surface area contributed by atoms with Gasteiger partial charge in [0.25, 0.3) is 0 Å². The van der Waals surface area contributed by atoms with E-state index in [0.29, 0.717) is 25.7 Å². The number of carbonyl (C=O) groups excluding carboxylic acids is 2. The van der Waals surface area contributed by atoms with Crippen molar-refractivity contribution in [3.8, 4) is 5.69 Å². The van der Waals surface area contributed by atoms with Crippen LogP contribution in [0.5, 0.6) is 0 Å². The summed E-state index contributed by atoms with van der Waals surface area (Å²) >= 11 is 0. The Balaban J connectivity index is 1.94. The summed E-state index contributed by atoms with van der Waals surface area (Å²) < 4.78 is 41.4. The number of esters is 1. The molecule has 0 bridgehead atoms. The highest BCUT2D eigenvalue weighted by molar-refractivity contribution is 5.81. The number of aromatic nitrogens is 2. The average Bonchev–Trinajstić information content (AvgIpc) is 3.27. The molecule has 240 valence electrons. The Hall–Kier alpha value is -3.75. The minimum atomic E-state index is -0.910. The van der Waals surface area contributed by atoms with Gasteiger partial charge in [-0.3, -0.25) is 0 Å². The predicted octanol–water partition coefficient (Wildman–Crippen LogP) is 8.28. The zero-order chi connectivity index (χ0) is 32.9. The Morgan fingerprint density at radius 2 is 1.52 bits per heavy atom. The standard InChI is InChI=1S/C35H47F2N3O4/c1-33(2,3)26(16-13-17-28(31(41)43-34(4,5)6)38-32(42)44-35(7,8)9)30-24(20-23-14-11-10-12-15-23)22-40(39-30)29-21-25(36)18-19-27(29)37/h10-12,14-15,18-19,21-22,26,28H,13,16-17,20H2,1-9H3,(H,38,42)/t26-,28-/m0/s1. The Bertz CT molecular complexity index is 1420. The Morgan fingerprint density at radius 3 is 2.11 bits per heavy atom. The lowest BCUT2D eigenvalue weighted by molar-refractivity contribution is -0.157. The summed E-state index contributed by atoms with van der Waals surface area (Å²) in [5.41, 5.74) is 1.04. The third-order valence-corrected chi connectivity index (χ3v) is 6.96. The van der Waals surface area contributed by atoms with Gasteiger partial charge in [0.15, 0.2) is 0 Å². The van der Waals surface area contributed by atoms with Crippen LogP contribution in [0, 0.1) is 17.0 Å². The van der Waals surface area contributed by atoms with E-state index in [-0.39, 0.29) is 17.0 Å². The maximum absolute atomic E-state index is 14.8. The first kappa shape index (κ1) is 34.7. The lowest BCUT2D eigenvalue weighted by Crippen LogP contribution is -2.46. The van der Waals surface area contributed by atoms with Crippen LogP contribution in [-0.2, 0) is 20.7 Å². The third-order valence-electron chi connectivity index (χ3n) is 6.96. The molecule has 9 heteroatoms. The molecule has 2 atom stereocenters. The van der Waals surface area contributed by atoms with Crippen molar-refractivity contribution < 1.29 is 27.8 Å². The van der Waals surface area contributed by atoms with E-state index in [4.69, 9.17) is 14.6 Å². The van der Waals surface area contributed by atoms with E-state index >= 15 is 0 Å². The van der Waals surface area contributed by atoms with E-state index in [1.165, 1.54) is 4.68 Å². The average molecular weight is 612 g/mol. The fourth-order valence-corrected chi connectivity index (χ4v) is 5.03. The summed E-state index contributed by atoms with van der Waals surface area (Å²) in [6.07, 6.45) is 3.11. The van der Waals surface area contributed by atoms with Crippen molar-refractivity contribution in [1.82, 2.24) is 15.1 Å². The zero-order valence-electron chi connectivity index (χ0n) is 27.5. The number of rotatable bonds is 10. The van der Waals surface area contributed by atoms with Gasteiger partial charge in [-0.15, -0.1) is 0 Å². The van der Waals surface area contributed by atoms with Crippen LogP contribution in [0.25, 0.3) is 5.69 Å². The summed E-state index contributed by atoms with van der Waals surface area (Å²) in [4.78, 5) is 25.7. The van der Waals surface area contributed by atoms with Crippen LogP contribution in [0.2, 0.25) is 0 Å². The number of ether oxygens (including phenoxy) is 2. The molecular formula is C35H47F2N3O4. The number of hydrogen-bond donors (Lipinski definition) is 1. The maximum Gasteiger partial charge on any atom is 0.408 e. The van der Waals surface area contributed by atoms with Crippen molar-refractivity contribution in [2.75, 3.05) is 0 Å². The minimum absolute atomic E-state index is 0.0322. The molecule has 1 amide bonds. The van der Waals surface area contributed by atoms with Crippen molar-refractivity contribution >= 4 is 12.1 Å². The second-order valence-electron chi connectivity index (χ2n) is 14.3. The Morgan fingerprint density at radius 1 is 0.886 bits per heavy atom. The highest BCUT2D eigenvalue weighted by Gasteiger charge is 2.33. The molecule has 1 N–H and O–H groups in total. The van der Waals surface area contributed by atoms with Gasteiger partial charge in [0.2, 0.25) is 0 Å². The first-order chi connectivity index (χ1) is 20.3. The van der Waals surface area contributed by atoms with Crippen LogP contribution >= 0.6 is 0 Å². The van der Waals surface area contributed by atoms with Gasteiger partial charge in [-0.05, 0) is 83.1 Å². The number of halogens is 2. The number of hydrogen-bond acceptors (Lipinski definition) is 5. The molecule has 0 radical (unpaired) electrons.